The maximum Gasteiger partial charge on any atom is 0.416 e. The summed E-state index contributed by atoms with van der Waals surface area (Å²) < 4.78 is 46.0. The van der Waals surface area contributed by atoms with Gasteiger partial charge in [0.25, 0.3) is 0 Å². The van der Waals surface area contributed by atoms with E-state index in [9.17, 15) is 23.1 Å². The second kappa shape index (κ2) is 9.40. The number of esters is 1. The molecule has 0 saturated carbocycles. The monoisotopic (exact) mass is 483 g/mol. The fourth-order valence-electron chi connectivity index (χ4n) is 2.83. The highest BCUT2D eigenvalue weighted by molar-refractivity contribution is 9.10. The molecule has 2 aromatic heterocycles. The zero-order valence-corrected chi connectivity index (χ0v) is 17.0. The van der Waals surface area contributed by atoms with Crippen molar-refractivity contribution in [1.29, 1.82) is 0 Å². The Labute approximate surface area is 178 Å². The number of ether oxygens (including phenoxy) is 1. The summed E-state index contributed by atoms with van der Waals surface area (Å²) in [6.07, 6.45) is 0.381. The van der Waals surface area contributed by atoms with Crippen molar-refractivity contribution in [3.05, 3.63) is 82.3 Å². The number of aliphatic hydroxyl groups is 1. The first-order valence-electron chi connectivity index (χ1n) is 8.83. The van der Waals surface area contributed by atoms with Gasteiger partial charge in [0.2, 0.25) is 0 Å². The second-order valence-electron chi connectivity index (χ2n) is 6.52. The fraction of sp³-hybridized carbons (Fsp3) is 0.250. The summed E-state index contributed by atoms with van der Waals surface area (Å²) in [5, 5.41) is 14.8. The average Bonchev–Trinajstić information content (AvgIpc) is 3.15. The van der Waals surface area contributed by atoms with Gasteiger partial charge in [-0.25, -0.2) is 0 Å². The van der Waals surface area contributed by atoms with Crippen molar-refractivity contribution in [3.8, 4) is 0 Å². The van der Waals surface area contributed by atoms with Crippen LogP contribution >= 0.6 is 15.9 Å². The van der Waals surface area contributed by atoms with Gasteiger partial charge in [-0.05, 0) is 45.3 Å². The molecule has 0 bridgehead atoms. The van der Waals surface area contributed by atoms with Gasteiger partial charge in [0, 0.05) is 18.6 Å². The largest absolute Gasteiger partial charge is 0.460 e. The van der Waals surface area contributed by atoms with E-state index in [-0.39, 0.29) is 18.7 Å². The number of carbonyl (C=O) groups is 1. The molecule has 2 unspecified atom stereocenters. The van der Waals surface area contributed by atoms with Gasteiger partial charge in [0.05, 0.1) is 28.9 Å². The minimum Gasteiger partial charge on any atom is -0.460 e. The van der Waals surface area contributed by atoms with Gasteiger partial charge in [-0.1, -0.05) is 18.2 Å². The van der Waals surface area contributed by atoms with E-state index in [1.165, 1.54) is 35.4 Å². The number of rotatable bonds is 7. The quantitative estimate of drug-likeness (QED) is 0.510. The van der Waals surface area contributed by atoms with Crippen LogP contribution < -0.4 is 0 Å². The van der Waals surface area contributed by atoms with E-state index in [0.29, 0.717) is 10.0 Å². The minimum absolute atomic E-state index is 0.00306. The standard InChI is InChI=1S/C20H17BrF3N3O3/c21-16-9-26-27(10-16)11-17(18(28)14-4-2-6-25-8-14)19(29)30-12-13-3-1-5-15(7-13)20(22,23)24/h1-10,17-18,28H,11-12H2. The lowest BCUT2D eigenvalue weighted by molar-refractivity contribution is -0.155. The van der Waals surface area contributed by atoms with Crippen LogP contribution in [-0.2, 0) is 28.9 Å². The Morgan fingerprint density at radius 2 is 2.03 bits per heavy atom. The minimum atomic E-state index is -4.49. The first-order chi connectivity index (χ1) is 14.2. The Morgan fingerprint density at radius 1 is 1.23 bits per heavy atom. The number of carbonyl (C=O) groups excluding carboxylic acids is 1. The summed E-state index contributed by atoms with van der Waals surface area (Å²) in [6.45, 7) is -0.356. The topological polar surface area (TPSA) is 77.2 Å². The van der Waals surface area contributed by atoms with Crippen molar-refractivity contribution >= 4 is 21.9 Å². The molecule has 0 fully saturated rings. The second-order valence-corrected chi connectivity index (χ2v) is 7.44. The highest BCUT2D eigenvalue weighted by atomic mass is 79.9. The molecule has 30 heavy (non-hydrogen) atoms. The van der Waals surface area contributed by atoms with Gasteiger partial charge in [-0.2, -0.15) is 18.3 Å². The molecule has 0 amide bonds. The van der Waals surface area contributed by atoms with Gasteiger partial charge in [0.15, 0.2) is 0 Å². The van der Waals surface area contributed by atoms with E-state index >= 15 is 0 Å². The molecule has 0 aliphatic rings. The number of nitrogens with zero attached hydrogens (tertiary/aromatic N) is 3. The van der Waals surface area contributed by atoms with E-state index in [4.69, 9.17) is 4.74 Å². The Hall–Kier alpha value is -2.72. The van der Waals surface area contributed by atoms with Gasteiger partial charge in [-0.3, -0.25) is 14.5 Å². The van der Waals surface area contributed by atoms with Crippen LogP contribution in [0.5, 0.6) is 0 Å². The molecule has 3 rings (SSSR count). The number of benzene rings is 1. The number of hydrogen-bond acceptors (Lipinski definition) is 5. The van der Waals surface area contributed by atoms with Crippen molar-refractivity contribution in [1.82, 2.24) is 14.8 Å². The molecule has 6 nitrogen and oxygen atoms in total. The number of alkyl halides is 3. The van der Waals surface area contributed by atoms with Crippen LogP contribution in [0.1, 0.15) is 22.8 Å². The molecule has 0 aliphatic heterocycles. The third kappa shape index (κ3) is 5.67. The lowest BCUT2D eigenvalue weighted by Crippen LogP contribution is -2.29. The summed E-state index contributed by atoms with van der Waals surface area (Å²) in [5.74, 6) is -1.82. The Kier molecular flexibility index (Phi) is 6.88. The van der Waals surface area contributed by atoms with Crippen LogP contribution in [0.15, 0.2) is 65.7 Å². The summed E-state index contributed by atoms with van der Waals surface area (Å²) in [4.78, 5) is 16.7. The van der Waals surface area contributed by atoms with Crippen molar-refractivity contribution in [2.45, 2.75) is 25.4 Å². The number of hydrogen-bond donors (Lipinski definition) is 1. The van der Waals surface area contributed by atoms with Crippen LogP contribution in [0.25, 0.3) is 0 Å². The van der Waals surface area contributed by atoms with Crippen molar-refractivity contribution in [3.63, 3.8) is 0 Å². The predicted octanol–water partition coefficient (Wildman–Crippen LogP) is 4.15. The Morgan fingerprint density at radius 3 is 2.67 bits per heavy atom. The summed E-state index contributed by atoms with van der Waals surface area (Å²) in [5.41, 5.74) is -0.233. The summed E-state index contributed by atoms with van der Waals surface area (Å²) >= 11 is 3.26. The average molecular weight is 484 g/mol. The third-order valence-corrected chi connectivity index (χ3v) is 4.74. The van der Waals surface area contributed by atoms with E-state index < -0.39 is 29.7 Å². The number of pyridine rings is 1. The molecule has 0 aliphatic carbocycles. The van der Waals surface area contributed by atoms with Gasteiger partial charge in [0.1, 0.15) is 12.5 Å². The Bertz CT molecular complexity index is 995. The lowest BCUT2D eigenvalue weighted by Gasteiger charge is -2.22. The molecule has 2 heterocycles. The van der Waals surface area contributed by atoms with Gasteiger partial charge in [-0.15, -0.1) is 0 Å². The van der Waals surface area contributed by atoms with Crippen LogP contribution in [-0.4, -0.2) is 25.8 Å². The van der Waals surface area contributed by atoms with Crippen molar-refractivity contribution in [2.24, 2.45) is 5.92 Å². The van der Waals surface area contributed by atoms with Crippen molar-refractivity contribution < 1.29 is 27.8 Å². The molecular formula is C20H17BrF3N3O3. The first-order valence-corrected chi connectivity index (χ1v) is 9.62. The molecule has 3 aromatic rings. The molecular weight excluding hydrogens is 467 g/mol. The normalized spacial score (nSPS) is 13.6. The molecule has 158 valence electrons. The molecule has 0 spiro atoms. The molecule has 10 heteroatoms. The van der Waals surface area contributed by atoms with Gasteiger partial charge < -0.3 is 9.84 Å². The predicted molar refractivity (Wildman–Crippen MR) is 104 cm³/mol. The molecule has 2 atom stereocenters. The van der Waals surface area contributed by atoms with Crippen LogP contribution in [0.2, 0.25) is 0 Å². The van der Waals surface area contributed by atoms with E-state index in [1.54, 1.807) is 18.3 Å². The smallest absolute Gasteiger partial charge is 0.416 e. The lowest BCUT2D eigenvalue weighted by atomic mass is 9.97. The van der Waals surface area contributed by atoms with Crippen LogP contribution in [0, 0.1) is 5.92 Å². The molecule has 0 radical (unpaired) electrons. The molecule has 0 saturated heterocycles. The van der Waals surface area contributed by atoms with E-state index in [0.717, 1.165) is 12.1 Å². The summed E-state index contributed by atoms with van der Waals surface area (Å²) in [6, 6.07) is 7.77. The highest BCUT2D eigenvalue weighted by Gasteiger charge is 2.32. The summed E-state index contributed by atoms with van der Waals surface area (Å²) in [7, 11) is 0. The zero-order chi connectivity index (χ0) is 21.7. The third-order valence-electron chi connectivity index (χ3n) is 4.33. The molecule has 1 aromatic carbocycles. The first kappa shape index (κ1) is 22.0. The number of halogens is 4. The van der Waals surface area contributed by atoms with E-state index in [1.807, 2.05) is 0 Å². The van der Waals surface area contributed by atoms with Crippen molar-refractivity contribution in [2.75, 3.05) is 0 Å². The SMILES string of the molecule is O=C(OCc1cccc(C(F)(F)F)c1)C(Cn1cc(Br)cn1)C(O)c1cccnc1. The maximum absolute atomic E-state index is 12.9. The van der Waals surface area contributed by atoms with E-state index in [2.05, 4.69) is 26.0 Å². The van der Waals surface area contributed by atoms with Crippen LogP contribution in [0.3, 0.4) is 0 Å². The van der Waals surface area contributed by atoms with Crippen LogP contribution in [0.4, 0.5) is 13.2 Å². The highest BCUT2D eigenvalue weighted by Crippen LogP contribution is 2.30. The fourth-order valence-corrected chi connectivity index (χ4v) is 3.15. The Balaban J connectivity index is 1.76. The number of aliphatic hydroxyl groups excluding tert-OH is 1. The maximum atomic E-state index is 12.9. The van der Waals surface area contributed by atoms with Gasteiger partial charge >= 0.3 is 12.1 Å². The zero-order valence-electron chi connectivity index (χ0n) is 15.5. The molecule has 1 N–H and O–H groups in total. The number of aromatic nitrogens is 3.